The van der Waals surface area contributed by atoms with Gasteiger partial charge in [-0.2, -0.15) is 4.31 Å². The molecule has 0 saturated carbocycles. The van der Waals surface area contributed by atoms with Crippen molar-refractivity contribution >= 4 is 21.7 Å². The summed E-state index contributed by atoms with van der Waals surface area (Å²) in [5.41, 5.74) is 8.06. The number of primary amides is 1. The van der Waals surface area contributed by atoms with Gasteiger partial charge in [0.15, 0.2) is 0 Å². The summed E-state index contributed by atoms with van der Waals surface area (Å²) in [5.74, 6) is -0.324. The maximum absolute atomic E-state index is 14.5. The molecule has 1 aliphatic rings. The third-order valence-electron chi connectivity index (χ3n) is 5.41. The molecule has 1 aromatic heterocycles. The summed E-state index contributed by atoms with van der Waals surface area (Å²) in [6, 6.07) is 7.60. The van der Waals surface area contributed by atoms with E-state index < -0.39 is 21.9 Å². The summed E-state index contributed by atoms with van der Waals surface area (Å²) in [4.78, 5) is 19.6. The number of aryl methyl sites for hydroxylation is 1. The fourth-order valence-electron chi connectivity index (χ4n) is 3.54. The van der Waals surface area contributed by atoms with Crippen LogP contribution in [0.4, 0.5) is 14.9 Å². The average Bonchev–Trinajstić information content (AvgIpc) is 2.75. The van der Waals surface area contributed by atoms with Crippen LogP contribution in [0.2, 0.25) is 0 Å². The molecule has 0 aliphatic carbocycles. The van der Waals surface area contributed by atoms with Gasteiger partial charge in [0, 0.05) is 44.0 Å². The lowest BCUT2D eigenvalue weighted by Gasteiger charge is -2.33. The predicted molar refractivity (Wildman–Crippen MR) is 117 cm³/mol. The van der Waals surface area contributed by atoms with Crippen molar-refractivity contribution in [3.05, 3.63) is 59.2 Å². The molecule has 0 bridgehead atoms. The molecule has 0 unspecified atom stereocenters. The molecular weight excluding hydrogens is 421 g/mol. The van der Waals surface area contributed by atoms with E-state index in [0.29, 0.717) is 44.0 Å². The number of halogens is 1. The van der Waals surface area contributed by atoms with Gasteiger partial charge in [0.05, 0.1) is 24.2 Å². The Hall–Kier alpha value is -2.56. The molecule has 0 radical (unpaired) electrons. The molecule has 2 aromatic rings. The van der Waals surface area contributed by atoms with Crippen molar-refractivity contribution in [3.63, 3.8) is 0 Å². The average molecular weight is 450 g/mol. The molecule has 2 heterocycles. The van der Waals surface area contributed by atoms with Gasteiger partial charge in [-0.15, -0.1) is 0 Å². The van der Waals surface area contributed by atoms with Crippen molar-refractivity contribution in [2.45, 2.75) is 26.9 Å². The number of aromatic nitrogens is 1. The number of benzene rings is 1. The van der Waals surface area contributed by atoms with Crippen LogP contribution in [0.15, 0.2) is 36.5 Å². The number of pyridine rings is 1. The normalized spacial score (nSPS) is 15.7. The number of sulfonamides is 1. The zero-order chi connectivity index (χ0) is 22.6. The maximum atomic E-state index is 14.5. The minimum absolute atomic E-state index is 0.0116. The summed E-state index contributed by atoms with van der Waals surface area (Å²) in [7, 11) is -3.18. The minimum atomic E-state index is -3.18. The van der Waals surface area contributed by atoms with Crippen molar-refractivity contribution in [1.29, 1.82) is 0 Å². The van der Waals surface area contributed by atoms with Gasteiger partial charge >= 0.3 is 6.03 Å². The first-order valence-corrected chi connectivity index (χ1v) is 11.8. The Kier molecular flexibility index (Phi) is 7.24. The van der Waals surface area contributed by atoms with E-state index in [-0.39, 0.29) is 12.3 Å². The third-order valence-corrected chi connectivity index (χ3v) is 7.29. The van der Waals surface area contributed by atoms with Crippen LogP contribution in [0.25, 0.3) is 0 Å². The van der Waals surface area contributed by atoms with Gasteiger partial charge in [-0.3, -0.25) is 14.8 Å². The van der Waals surface area contributed by atoms with Crippen LogP contribution < -0.4 is 10.6 Å². The third kappa shape index (κ3) is 5.78. The summed E-state index contributed by atoms with van der Waals surface area (Å²) in [5, 5.41) is 0. The number of carbonyl (C=O) groups is 1. The first-order valence-electron chi connectivity index (χ1n) is 10.2. The first-order chi connectivity index (χ1) is 14.7. The number of nitrogens with zero attached hydrogens (tertiary/aromatic N) is 4. The van der Waals surface area contributed by atoms with Crippen molar-refractivity contribution in [2.24, 2.45) is 5.73 Å². The maximum Gasteiger partial charge on any atom is 0.319 e. The van der Waals surface area contributed by atoms with Gasteiger partial charge < -0.3 is 5.73 Å². The van der Waals surface area contributed by atoms with Gasteiger partial charge in [-0.25, -0.2) is 17.6 Å². The molecule has 31 heavy (non-hydrogen) atoms. The second-order valence-corrected chi connectivity index (χ2v) is 9.84. The van der Waals surface area contributed by atoms with Crippen LogP contribution in [0.3, 0.4) is 0 Å². The lowest BCUT2D eigenvalue weighted by atomic mass is 10.1. The molecule has 2 amide bonds. The van der Waals surface area contributed by atoms with E-state index in [1.807, 2.05) is 6.92 Å². The van der Waals surface area contributed by atoms with E-state index in [0.717, 1.165) is 11.3 Å². The molecule has 3 rings (SSSR count). The quantitative estimate of drug-likeness (QED) is 0.698. The molecule has 1 aliphatic heterocycles. The Morgan fingerprint density at radius 2 is 1.90 bits per heavy atom. The number of anilines is 1. The topological polar surface area (TPSA) is 99.8 Å². The van der Waals surface area contributed by atoms with Gasteiger partial charge in [-0.1, -0.05) is 6.07 Å². The monoisotopic (exact) mass is 449 g/mol. The first kappa shape index (κ1) is 23.1. The number of hydrogen-bond donors (Lipinski definition) is 1. The summed E-state index contributed by atoms with van der Waals surface area (Å²) in [6.45, 7) is 6.13. The second-order valence-electron chi connectivity index (χ2n) is 7.58. The molecule has 8 nitrogen and oxygen atoms in total. The Morgan fingerprint density at radius 3 is 2.48 bits per heavy atom. The molecule has 168 valence electrons. The van der Waals surface area contributed by atoms with E-state index in [9.17, 15) is 17.6 Å². The summed E-state index contributed by atoms with van der Waals surface area (Å²) in [6.07, 6.45) is 1.53. The van der Waals surface area contributed by atoms with E-state index in [4.69, 9.17) is 5.73 Å². The molecule has 1 fully saturated rings. The van der Waals surface area contributed by atoms with E-state index in [2.05, 4.69) is 9.88 Å². The van der Waals surface area contributed by atoms with Crippen LogP contribution in [0.5, 0.6) is 0 Å². The van der Waals surface area contributed by atoms with Crippen LogP contribution in [0.1, 0.15) is 23.7 Å². The fraction of sp³-hybridized carbons (Fsp3) is 0.429. The van der Waals surface area contributed by atoms with E-state index >= 15 is 0 Å². The molecule has 1 saturated heterocycles. The second kappa shape index (κ2) is 9.71. The van der Waals surface area contributed by atoms with Crippen LogP contribution in [0, 0.1) is 12.7 Å². The number of carbonyl (C=O) groups excluding carboxylic acids is 1. The highest BCUT2D eigenvalue weighted by Crippen LogP contribution is 2.20. The molecule has 2 N–H and O–H groups in total. The van der Waals surface area contributed by atoms with E-state index in [1.54, 1.807) is 31.2 Å². The van der Waals surface area contributed by atoms with Crippen LogP contribution in [-0.2, 0) is 23.1 Å². The SMILES string of the molecule is CCS(=O)(=O)N1CCN(Cc2ccc(F)c(CN(C(N)=O)c3ccc(C)nc3)c2)CC1. The number of amides is 2. The lowest BCUT2D eigenvalue weighted by Crippen LogP contribution is -2.48. The highest BCUT2D eigenvalue weighted by molar-refractivity contribution is 7.89. The molecule has 10 heteroatoms. The smallest absolute Gasteiger partial charge is 0.319 e. The largest absolute Gasteiger partial charge is 0.351 e. The highest BCUT2D eigenvalue weighted by atomic mass is 32.2. The van der Waals surface area contributed by atoms with Gasteiger partial charge in [0.2, 0.25) is 10.0 Å². The fourth-order valence-corrected chi connectivity index (χ4v) is 4.63. The molecule has 0 spiro atoms. The Labute approximate surface area is 182 Å². The van der Waals surface area contributed by atoms with Crippen molar-refractivity contribution < 1.29 is 17.6 Å². The molecular formula is C21H28FN5O3S. The number of urea groups is 1. The molecule has 1 aromatic carbocycles. The molecule has 0 atom stereocenters. The zero-order valence-corrected chi connectivity index (χ0v) is 18.6. The zero-order valence-electron chi connectivity index (χ0n) is 17.8. The number of hydrogen-bond acceptors (Lipinski definition) is 5. The van der Waals surface area contributed by atoms with Gasteiger partial charge in [0.25, 0.3) is 0 Å². The van der Waals surface area contributed by atoms with Crippen molar-refractivity contribution in [2.75, 3.05) is 36.8 Å². The summed E-state index contributed by atoms with van der Waals surface area (Å²) < 4.78 is 40.0. The highest BCUT2D eigenvalue weighted by Gasteiger charge is 2.25. The summed E-state index contributed by atoms with van der Waals surface area (Å²) >= 11 is 0. The Morgan fingerprint density at radius 1 is 1.19 bits per heavy atom. The standard InChI is InChI=1S/C21H28FN5O3S/c1-3-31(29,30)26-10-8-25(9-11-26)14-17-5-7-20(22)18(12-17)15-27(21(23)28)19-6-4-16(2)24-13-19/h4-7,12-13H,3,8-11,14-15H2,1-2H3,(H2,23,28). The number of piperazine rings is 1. The van der Waals surface area contributed by atoms with Crippen LogP contribution in [-0.4, -0.2) is 60.6 Å². The minimum Gasteiger partial charge on any atom is -0.351 e. The van der Waals surface area contributed by atoms with Crippen molar-refractivity contribution in [1.82, 2.24) is 14.2 Å². The number of rotatable bonds is 7. The lowest BCUT2D eigenvalue weighted by molar-refractivity contribution is 0.181. The predicted octanol–water partition coefficient (Wildman–Crippen LogP) is 2.08. The Bertz CT molecular complexity index is 1020. The van der Waals surface area contributed by atoms with Crippen molar-refractivity contribution in [3.8, 4) is 0 Å². The van der Waals surface area contributed by atoms with E-state index in [1.165, 1.54) is 21.5 Å². The number of nitrogens with two attached hydrogens (primary N) is 1. The van der Waals surface area contributed by atoms with Crippen LogP contribution >= 0.6 is 0 Å². The van der Waals surface area contributed by atoms with Gasteiger partial charge in [0.1, 0.15) is 5.82 Å². The van der Waals surface area contributed by atoms with Gasteiger partial charge in [-0.05, 0) is 43.7 Å². The Balaban J connectivity index is 1.70.